The third-order valence-electron chi connectivity index (χ3n) is 4.22. The number of anilines is 1. The van der Waals surface area contributed by atoms with Gasteiger partial charge in [0.25, 0.3) is 0 Å². The Labute approximate surface area is 140 Å². The summed E-state index contributed by atoms with van der Waals surface area (Å²) in [6.45, 7) is 4.24. The van der Waals surface area contributed by atoms with Crippen LogP contribution in [0.1, 0.15) is 11.3 Å². The van der Waals surface area contributed by atoms with Gasteiger partial charge in [0.2, 0.25) is 10.0 Å². The minimum Gasteiger partial charge on any atom is -0.283 e. The van der Waals surface area contributed by atoms with E-state index in [4.69, 9.17) is 0 Å². The van der Waals surface area contributed by atoms with Crippen LogP contribution >= 0.6 is 0 Å². The molecular weight excluding hydrogens is 324 g/mol. The fourth-order valence-electron chi connectivity index (χ4n) is 3.06. The lowest BCUT2D eigenvalue weighted by Gasteiger charge is -2.16. The van der Waals surface area contributed by atoms with Crippen LogP contribution in [0.5, 0.6) is 0 Å². The smallest absolute Gasteiger partial charge is 0.232 e. The van der Waals surface area contributed by atoms with Gasteiger partial charge in [-0.3, -0.25) is 8.87 Å². The van der Waals surface area contributed by atoms with E-state index in [1.165, 1.54) is 10.6 Å². The first-order valence-corrected chi connectivity index (χ1v) is 9.40. The molecule has 0 spiro atoms. The van der Waals surface area contributed by atoms with Crippen LogP contribution < -0.4 is 4.31 Å². The van der Waals surface area contributed by atoms with Gasteiger partial charge in [-0.1, -0.05) is 6.58 Å². The zero-order valence-electron chi connectivity index (χ0n) is 13.2. The largest absolute Gasteiger partial charge is 0.283 e. The number of hydrogen-bond acceptors (Lipinski definition) is 4. The van der Waals surface area contributed by atoms with Crippen molar-refractivity contribution in [3.8, 4) is 5.69 Å². The van der Waals surface area contributed by atoms with E-state index in [0.29, 0.717) is 13.0 Å². The zero-order valence-corrected chi connectivity index (χ0v) is 14.0. The summed E-state index contributed by atoms with van der Waals surface area (Å²) in [5.74, 6) is 0. The second-order valence-electron chi connectivity index (χ2n) is 5.80. The Bertz CT molecular complexity index is 1070. The van der Waals surface area contributed by atoms with Gasteiger partial charge in [-0.25, -0.2) is 18.4 Å². The molecule has 6 nitrogen and oxygen atoms in total. The van der Waals surface area contributed by atoms with Gasteiger partial charge in [-0.15, -0.1) is 0 Å². The number of hydrogen-bond donors (Lipinski definition) is 0. The van der Waals surface area contributed by atoms with Crippen molar-refractivity contribution >= 4 is 33.0 Å². The zero-order chi connectivity index (χ0) is 16.9. The molecule has 122 valence electrons. The summed E-state index contributed by atoms with van der Waals surface area (Å²) in [6.07, 6.45) is 5.37. The second kappa shape index (κ2) is 5.17. The van der Waals surface area contributed by atoms with Crippen LogP contribution in [0.25, 0.3) is 22.9 Å². The molecule has 1 aliphatic rings. The molecular formula is C17H16N4O2S. The fourth-order valence-corrected chi connectivity index (χ4v) is 4.02. The van der Waals surface area contributed by atoms with Crippen LogP contribution in [0.3, 0.4) is 0 Å². The van der Waals surface area contributed by atoms with Gasteiger partial charge in [0, 0.05) is 12.2 Å². The summed E-state index contributed by atoms with van der Waals surface area (Å²) in [5.41, 5.74) is 5.03. The molecule has 0 unspecified atom stereocenters. The number of aromatic nitrogens is 3. The number of pyridine rings is 1. The Kier molecular flexibility index (Phi) is 3.21. The summed E-state index contributed by atoms with van der Waals surface area (Å²) in [7, 11) is -3.24. The van der Waals surface area contributed by atoms with Crippen molar-refractivity contribution in [2.45, 2.75) is 6.42 Å². The van der Waals surface area contributed by atoms with Crippen molar-refractivity contribution in [3.05, 3.63) is 54.5 Å². The second-order valence-corrected chi connectivity index (χ2v) is 7.70. The molecule has 4 rings (SSSR count). The summed E-state index contributed by atoms with van der Waals surface area (Å²) >= 11 is 0. The molecule has 0 radical (unpaired) electrons. The van der Waals surface area contributed by atoms with Crippen molar-refractivity contribution in [1.82, 2.24) is 14.5 Å². The topological polar surface area (TPSA) is 68.1 Å². The van der Waals surface area contributed by atoms with Gasteiger partial charge in [-0.05, 0) is 48.4 Å². The molecule has 7 heteroatoms. The van der Waals surface area contributed by atoms with Crippen LogP contribution in [0.4, 0.5) is 5.69 Å². The summed E-state index contributed by atoms with van der Waals surface area (Å²) < 4.78 is 27.1. The van der Waals surface area contributed by atoms with Crippen LogP contribution in [-0.2, 0) is 16.4 Å². The average molecular weight is 340 g/mol. The molecule has 1 aromatic carbocycles. The summed E-state index contributed by atoms with van der Waals surface area (Å²) in [5, 5.41) is 0. The molecule has 0 saturated heterocycles. The summed E-state index contributed by atoms with van der Waals surface area (Å²) in [4.78, 5) is 8.93. The van der Waals surface area contributed by atoms with Gasteiger partial charge in [0.1, 0.15) is 11.8 Å². The molecule has 0 fully saturated rings. The highest BCUT2D eigenvalue weighted by Crippen LogP contribution is 2.32. The van der Waals surface area contributed by atoms with E-state index in [9.17, 15) is 8.42 Å². The molecule has 0 atom stereocenters. The quantitative estimate of drug-likeness (QED) is 0.734. The highest BCUT2D eigenvalue weighted by atomic mass is 32.2. The normalized spacial score (nSPS) is 14.1. The maximum atomic E-state index is 11.8. The van der Waals surface area contributed by atoms with Gasteiger partial charge >= 0.3 is 0 Å². The molecule has 1 aliphatic heterocycles. The predicted octanol–water partition coefficient (Wildman–Crippen LogP) is 2.39. The highest BCUT2D eigenvalue weighted by molar-refractivity contribution is 7.92. The van der Waals surface area contributed by atoms with Gasteiger partial charge in [0.05, 0.1) is 17.6 Å². The molecule has 3 heterocycles. The number of fused-ring (bicyclic) bond motifs is 2. The fraction of sp³-hybridized carbons (Fsp3) is 0.176. The molecule has 0 aliphatic carbocycles. The minimum absolute atomic E-state index is 0.487. The minimum atomic E-state index is -3.24. The number of nitrogens with zero attached hydrogens (tertiary/aromatic N) is 4. The van der Waals surface area contributed by atoms with Crippen molar-refractivity contribution in [2.75, 3.05) is 17.1 Å². The third kappa shape index (κ3) is 2.28. The van der Waals surface area contributed by atoms with E-state index in [2.05, 4.69) is 16.5 Å². The Hall–Kier alpha value is -2.67. The molecule has 3 aromatic rings. The molecule has 2 aromatic heterocycles. The van der Waals surface area contributed by atoms with E-state index in [0.717, 1.165) is 33.8 Å². The third-order valence-corrected chi connectivity index (χ3v) is 5.40. The first kappa shape index (κ1) is 14.9. The number of sulfonamides is 1. The monoisotopic (exact) mass is 340 g/mol. The summed E-state index contributed by atoms with van der Waals surface area (Å²) in [6, 6.07) is 9.53. The molecule has 0 amide bonds. The van der Waals surface area contributed by atoms with Crippen LogP contribution in [0, 0.1) is 0 Å². The SMILES string of the molecule is C=Cc1ccc2ncn(-c3ccc4c(c3)CCN4S(C)(=O)=O)c2n1. The maximum Gasteiger partial charge on any atom is 0.232 e. The molecule has 0 N–H and O–H groups in total. The lowest BCUT2D eigenvalue weighted by Crippen LogP contribution is -2.27. The number of benzene rings is 1. The molecule has 0 bridgehead atoms. The van der Waals surface area contributed by atoms with E-state index in [1.54, 1.807) is 12.4 Å². The number of imidazole rings is 1. The first-order chi connectivity index (χ1) is 11.5. The Morgan fingerprint density at radius 3 is 2.83 bits per heavy atom. The predicted molar refractivity (Wildman–Crippen MR) is 94.8 cm³/mol. The van der Waals surface area contributed by atoms with Crippen molar-refractivity contribution < 1.29 is 8.42 Å². The lowest BCUT2D eigenvalue weighted by molar-refractivity contribution is 0.598. The number of rotatable bonds is 3. The standard InChI is InChI=1S/C17H16N4O2S/c1-3-13-4-6-15-17(19-13)20(11-18-15)14-5-7-16-12(10-14)8-9-21(16)24(2,22)23/h3-7,10-11H,1,8-9H2,2H3. The maximum absolute atomic E-state index is 11.8. The molecule has 24 heavy (non-hydrogen) atoms. The van der Waals surface area contributed by atoms with E-state index >= 15 is 0 Å². The first-order valence-electron chi connectivity index (χ1n) is 7.55. The van der Waals surface area contributed by atoms with Gasteiger partial charge in [0.15, 0.2) is 5.65 Å². The van der Waals surface area contributed by atoms with Crippen LogP contribution in [0.2, 0.25) is 0 Å². The van der Waals surface area contributed by atoms with Gasteiger partial charge in [-0.2, -0.15) is 0 Å². The van der Waals surface area contributed by atoms with Crippen LogP contribution in [-0.4, -0.2) is 35.8 Å². The van der Waals surface area contributed by atoms with Crippen LogP contribution in [0.15, 0.2) is 43.2 Å². The lowest BCUT2D eigenvalue weighted by atomic mass is 10.1. The van der Waals surface area contributed by atoms with E-state index in [-0.39, 0.29) is 0 Å². The molecule has 0 saturated carbocycles. The van der Waals surface area contributed by atoms with Crippen molar-refractivity contribution in [1.29, 1.82) is 0 Å². The Morgan fingerprint density at radius 1 is 1.25 bits per heavy atom. The van der Waals surface area contributed by atoms with Gasteiger partial charge < -0.3 is 0 Å². The Morgan fingerprint density at radius 2 is 2.08 bits per heavy atom. The van der Waals surface area contributed by atoms with E-state index < -0.39 is 10.0 Å². The van der Waals surface area contributed by atoms with Crippen molar-refractivity contribution in [2.24, 2.45) is 0 Å². The van der Waals surface area contributed by atoms with Crippen molar-refractivity contribution in [3.63, 3.8) is 0 Å². The van der Waals surface area contributed by atoms with E-state index in [1.807, 2.05) is 34.9 Å². The Balaban J connectivity index is 1.83. The highest BCUT2D eigenvalue weighted by Gasteiger charge is 2.26. The average Bonchev–Trinajstić information content (AvgIpc) is 3.16.